The molecule has 1 aliphatic rings. The number of nitrogens with one attached hydrogen (secondary N) is 1. The maximum Gasteiger partial charge on any atom is 0.174 e. The van der Waals surface area contributed by atoms with Gasteiger partial charge >= 0.3 is 0 Å². The first-order chi connectivity index (χ1) is 16.9. The summed E-state index contributed by atoms with van der Waals surface area (Å²) in [5, 5.41) is 5.37. The van der Waals surface area contributed by atoms with Crippen molar-refractivity contribution in [1.82, 2.24) is 14.9 Å². The van der Waals surface area contributed by atoms with E-state index in [9.17, 15) is 0 Å². The molecule has 2 atom stereocenters. The van der Waals surface area contributed by atoms with Gasteiger partial charge in [-0.25, -0.2) is 0 Å². The van der Waals surface area contributed by atoms with E-state index in [0.29, 0.717) is 15.2 Å². The Morgan fingerprint density at radius 1 is 1.00 bits per heavy atom. The number of rotatable bonds is 5. The van der Waals surface area contributed by atoms with Crippen molar-refractivity contribution < 1.29 is 4.74 Å². The minimum Gasteiger partial charge on any atom is -0.497 e. The molecule has 1 aliphatic heterocycles. The van der Waals surface area contributed by atoms with Crippen LogP contribution in [0.3, 0.4) is 0 Å². The van der Waals surface area contributed by atoms with Crippen molar-refractivity contribution in [2.45, 2.75) is 25.9 Å². The average Bonchev–Trinajstić information content (AvgIpc) is 3.35. The lowest BCUT2D eigenvalue weighted by Crippen LogP contribution is -2.29. The summed E-state index contributed by atoms with van der Waals surface area (Å²) in [7, 11) is 1.66. The predicted octanol–water partition coefficient (Wildman–Crippen LogP) is 6.98. The smallest absolute Gasteiger partial charge is 0.174 e. The molecule has 35 heavy (non-hydrogen) atoms. The first-order valence-corrected chi connectivity index (χ1v) is 12.3. The third-order valence-electron chi connectivity index (χ3n) is 6.39. The Labute approximate surface area is 220 Å². The van der Waals surface area contributed by atoms with Gasteiger partial charge in [-0.2, -0.15) is 0 Å². The van der Waals surface area contributed by atoms with Gasteiger partial charge in [0.25, 0.3) is 0 Å². The highest BCUT2D eigenvalue weighted by Gasteiger charge is 2.42. The molecular weight excluding hydrogens is 499 g/mol. The van der Waals surface area contributed by atoms with Crippen molar-refractivity contribution in [2.75, 3.05) is 12.0 Å². The third kappa shape index (κ3) is 4.27. The van der Waals surface area contributed by atoms with Crippen LogP contribution in [0.15, 0.2) is 72.9 Å². The second-order valence-corrected chi connectivity index (χ2v) is 9.68. The minimum absolute atomic E-state index is 0.128. The molecule has 4 aromatic rings. The number of pyridine rings is 1. The summed E-state index contributed by atoms with van der Waals surface area (Å²) in [5.74, 6) is 0.792. The summed E-state index contributed by atoms with van der Waals surface area (Å²) in [4.78, 5) is 6.81. The van der Waals surface area contributed by atoms with E-state index in [-0.39, 0.29) is 12.1 Å². The first-order valence-electron chi connectivity index (χ1n) is 11.2. The largest absolute Gasteiger partial charge is 0.497 e. The molecule has 5 rings (SSSR count). The standard InChI is InChI=1S/C27H24Cl2N4OS/c1-16-14-21(17(2)32(16)24-12-7-18(28)15-22(24)29)26-25(23-6-4-5-13-30-23)31-27(35)33(26)19-8-10-20(34-3)11-9-19/h4-15,25-26H,1-3H3,(H,31,35)/t25-,26+/m0/s1. The van der Waals surface area contributed by atoms with Gasteiger partial charge in [-0.1, -0.05) is 29.3 Å². The number of hydrogen-bond acceptors (Lipinski definition) is 3. The zero-order chi connectivity index (χ0) is 24.7. The van der Waals surface area contributed by atoms with Crippen LogP contribution in [0, 0.1) is 13.8 Å². The van der Waals surface area contributed by atoms with E-state index in [4.69, 9.17) is 40.2 Å². The highest BCUT2D eigenvalue weighted by atomic mass is 35.5. The van der Waals surface area contributed by atoms with E-state index in [1.807, 2.05) is 60.8 Å². The van der Waals surface area contributed by atoms with Crippen LogP contribution in [0.2, 0.25) is 10.0 Å². The van der Waals surface area contributed by atoms with Crippen LogP contribution in [0.4, 0.5) is 5.69 Å². The Morgan fingerprint density at radius 3 is 2.43 bits per heavy atom. The lowest BCUT2D eigenvalue weighted by molar-refractivity contribution is 0.415. The van der Waals surface area contributed by atoms with E-state index in [1.165, 1.54) is 0 Å². The number of aryl methyl sites for hydroxylation is 1. The molecule has 0 spiro atoms. The van der Waals surface area contributed by atoms with Crippen LogP contribution in [0.25, 0.3) is 5.69 Å². The monoisotopic (exact) mass is 522 g/mol. The Morgan fingerprint density at radius 2 is 1.77 bits per heavy atom. The molecule has 0 amide bonds. The summed E-state index contributed by atoms with van der Waals surface area (Å²) in [6.45, 7) is 4.19. The highest BCUT2D eigenvalue weighted by Crippen LogP contribution is 2.44. The zero-order valence-corrected chi connectivity index (χ0v) is 21.8. The fraction of sp³-hybridized carbons (Fsp3) is 0.185. The minimum atomic E-state index is -0.138. The molecule has 0 bridgehead atoms. The number of ether oxygens (including phenoxy) is 1. The lowest BCUT2D eigenvalue weighted by Gasteiger charge is -2.28. The molecule has 1 saturated heterocycles. The Balaban J connectivity index is 1.67. The van der Waals surface area contributed by atoms with Crippen LogP contribution in [0.5, 0.6) is 5.75 Å². The van der Waals surface area contributed by atoms with Gasteiger partial charge in [0, 0.05) is 28.3 Å². The van der Waals surface area contributed by atoms with Gasteiger partial charge in [-0.05, 0) is 92.3 Å². The van der Waals surface area contributed by atoms with Crippen molar-refractivity contribution in [3.63, 3.8) is 0 Å². The summed E-state index contributed by atoms with van der Waals surface area (Å²) in [5.41, 5.74) is 6.05. The van der Waals surface area contributed by atoms with Crippen LogP contribution in [-0.2, 0) is 0 Å². The molecule has 8 heteroatoms. The van der Waals surface area contributed by atoms with Gasteiger partial charge in [0.2, 0.25) is 0 Å². The Kier molecular flexibility index (Phi) is 6.45. The number of thiocarbonyl (C=S) groups is 1. The number of aromatic nitrogens is 2. The van der Waals surface area contributed by atoms with Crippen molar-refractivity contribution >= 4 is 46.2 Å². The van der Waals surface area contributed by atoms with Crippen molar-refractivity contribution in [2.24, 2.45) is 0 Å². The van der Waals surface area contributed by atoms with Crippen molar-refractivity contribution in [1.29, 1.82) is 0 Å². The van der Waals surface area contributed by atoms with E-state index in [2.05, 4.69) is 39.7 Å². The Hall–Kier alpha value is -3.06. The quantitative estimate of drug-likeness (QED) is 0.286. The molecule has 3 heterocycles. The molecule has 0 unspecified atom stereocenters. The van der Waals surface area contributed by atoms with Gasteiger partial charge in [-0.15, -0.1) is 0 Å². The maximum atomic E-state index is 6.61. The summed E-state index contributed by atoms with van der Waals surface area (Å²) >= 11 is 18.6. The number of hydrogen-bond donors (Lipinski definition) is 1. The fourth-order valence-electron chi connectivity index (χ4n) is 4.81. The summed E-state index contributed by atoms with van der Waals surface area (Å²) in [6.07, 6.45) is 1.81. The molecule has 2 aromatic carbocycles. The van der Waals surface area contributed by atoms with Gasteiger partial charge in [0.15, 0.2) is 5.11 Å². The molecule has 5 nitrogen and oxygen atoms in total. The first kappa shape index (κ1) is 23.7. The zero-order valence-electron chi connectivity index (χ0n) is 19.5. The van der Waals surface area contributed by atoms with E-state index in [0.717, 1.165) is 39.8 Å². The molecule has 1 N–H and O–H groups in total. The molecule has 2 aromatic heterocycles. The predicted molar refractivity (Wildman–Crippen MR) is 146 cm³/mol. The Bertz CT molecular complexity index is 1390. The average molecular weight is 523 g/mol. The van der Waals surface area contributed by atoms with E-state index < -0.39 is 0 Å². The normalized spacial score (nSPS) is 17.5. The van der Waals surface area contributed by atoms with Crippen LogP contribution < -0.4 is 15.0 Å². The molecule has 0 aliphatic carbocycles. The van der Waals surface area contributed by atoms with Crippen LogP contribution in [-0.4, -0.2) is 21.8 Å². The summed E-state index contributed by atoms with van der Waals surface area (Å²) in [6, 6.07) is 21.4. The second kappa shape index (κ2) is 9.53. The second-order valence-electron chi connectivity index (χ2n) is 8.45. The fourth-order valence-corrected chi connectivity index (χ4v) is 5.65. The number of benzene rings is 2. The van der Waals surface area contributed by atoms with E-state index in [1.54, 1.807) is 13.2 Å². The number of nitrogens with zero attached hydrogens (tertiary/aromatic N) is 3. The molecule has 178 valence electrons. The van der Waals surface area contributed by atoms with Gasteiger partial charge < -0.3 is 19.5 Å². The van der Waals surface area contributed by atoms with E-state index >= 15 is 0 Å². The summed E-state index contributed by atoms with van der Waals surface area (Å²) < 4.78 is 7.53. The molecule has 1 fully saturated rings. The molecule has 0 radical (unpaired) electrons. The van der Waals surface area contributed by atoms with Gasteiger partial charge in [0.1, 0.15) is 5.75 Å². The molecule has 0 saturated carbocycles. The van der Waals surface area contributed by atoms with Crippen molar-refractivity contribution in [3.05, 3.63) is 106 Å². The van der Waals surface area contributed by atoms with Gasteiger partial charge in [0.05, 0.1) is 35.6 Å². The highest BCUT2D eigenvalue weighted by molar-refractivity contribution is 7.80. The molecular formula is C27H24Cl2N4OS. The number of halogens is 2. The maximum absolute atomic E-state index is 6.61. The lowest BCUT2D eigenvalue weighted by atomic mass is 9.96. The number of methoxy groups -OCH3 is 1. The number of anilines is 1. The topological polar surface area (TPSA) is 42.3 Å². The van der Waals surface area contributed by atoms with Crippen molar-refractivity contribution in [3.8, 4) is 11.4 Å². The third-order valence-corrected chi connectivity index (χ3v) is 7.24. The van der Waals surface area contributed by atoms with Crippen LogP contribution >= 0.6 is 35.4 Å². The van der Waals surface area contributed by atoms with Crippen LogP contribution in [0.1, 0.15) is 34.7 Å². The SMILES string of the molecule is COc1ccc(N2C(=S)N[C@@H](c3ccccn3)[C@H]2c2cc(C)n(-c3ccc(Cl)cc3Cl)c2C)cc1. The van der Waals surface area contributed by atoms with Gasteiger partial charge in [-0.3, -0.25) is 4.98 Å².